The molecular weight excluding hydrogens is 542 g/mol. The molecule has 4 rings (SSSR count). The number of rotatable bonds is 10. The van der Waals surface area contributed by atoms with Crippen molar-refractivity contribution in [3.05, 3.63) is 89.2 Å². The van der Waals surface area contributed by atoms with Crippen LogP contribution in [0.1, 0.15) is 54.9 Å². The van der Waals surface area contributed by atoms with Crippen molar-refractivity contribution in [3.63, 3.8) is 0 Å². The van der Waals surface area contributed by atoms with Crippen molar-refractivity contribution in [2.24, 2.45) is 0 Å². The van der Waals surface area contributed by atoms with E-state index in [1.807, 2.05) is 60.7 Å². The molecule has 0 spiro atoms. The maximum Gasteiger partial charge on any atom is 0.407 e. The summed E-state index contributed by atoms with van der Waals surface area (Å²) in [5.74, 6) is 0.386. The monoisotopic (exact) mass is 575 g/mol. The number of nitrogens with one attached hydrogen (secondary N) is 1. The SMILES string of the molecule is CCOC(=O)Cc1ccccc1OCc1cc(-c2cccc(CNC(=O)OC(C)(C)C)c2)c2oc(C(=O)S)cc2c1. The third kappa shape index (κ3) is 8.14. The van der Waals surface area contributed by atoms with Gasteiger partial charge >= 0.3 is 12.1 Å². The van der Waals surface area contributed by atoms with Crippen molar-refractivity contribution in [3.8, 4) is 16.9 Å². The van der Waals surface area contributed by atoms with Crippen LogP contribution in [0.15, 0.2) is 71.1 Å². The summed E-state index contributed by atoms with van der Waals surface area (Å²) >= 11 is 3.93. The molecule has 0 unspecified atom stereocenters. The minimum absolute atomic E-state index is 0.105. The molecule has 3 aromatic carbocycles. The minimum Gasteiger partial charge on any atom is -0.489 e. The Bertz CT molecular complexity index is 1570. The third-order valence-corrected chi connectivity index (χ3v) is 6.19. The van der Waals surface area contributed by atoms with E-state index in [9.17, 15) is 14.4 Å². The van der Waals surface area contributed by atoms with E-state index in [4.69, 9.17) is 18.6 Å². The molecule has 214 valence electrons. The topological polar surface area (TPSA) is 104 Å². The lowest BCUT2D eigenvalue weighted by Gasteiger charge is -2.19. The van der Waals surface area contributed by atoms with Crippen molar-refractivity contribution in [2.45, 2.75) is 52.9 Å². The first-order chi connectivity index (χ1) is 19.5. The van der Waals surface area contributed by atoms with Crippen LogP contribution < -0.4 is 10.1 Å². The lowest BCUT2D eigenvalue weighted by molar-refractivity contribution is -0.142. The van der Waals surface area contributed by atoms with E-state index in [1.165, 1.54) is 0 Å². The molecule has 0 fully saturated rings. The highest BCUT2D eigenvalue weighted by atomic mass is 32.1. The summed E-state index contributed by atoms with van der Waals surface area (Å²) in [7, 11) is 0. The quantitative estimate of drug-likeness (QED) is 0.157. The van der Waals surface area contributed by atoms with Gasteiger partial charge in [0.25, 0.3) is 5.12 Å². The number of ether oxygens (including phenoxy) is 3. The molecule has 0 aliphatic heterocycles. The Balaban J connectivity index is 1.62. The van der Waals surface area contributed by atoms with Crippen LogP contribution in [-0.4, -0.2) is 29.4 Å². The minimum atomic E-state index is -0.596. The van der Waals surface area contributed by atoms with Crippen molar-refractivity contribution in [1.29, 1.82) is 0 Å². The summed E-state index contributed by atoms with van der Waals surface area (Å²) in [6.07, 6.45) is -0.399. The zero-order valence-electron chi connectivity index (χ0n) is 23.5. The summed E-state index contributed by atoms with van der Waals surface area (Å²) in [5.41, 5.74) is 3.93. The second-order valence-electron chi connectivity index (χ2n) is 10.4. The molecule has 0 aliphatic rings. The fraction of sp³-hybridized carbons (Fsp3) is 0.281. The number of para-hydroxylation sites is 1. The van der Waals surface area contributed by atoms with Crippen LogP contribution in [0.4, 0.5) is 4.79 Å². The smallest absolute Gasteiger partial charge is 0.407 e. The third-order valence-electron chi connectivity index (χ3n) is 5.97. The first kappa shape index (κ1) is 29.7. The highest BCUT2D eigenvalue weighted by molar-refractivity contribution is 7.97. The van der Waals surface area contributed by atoms with E-state index >= 15 is 0 Å². The highest BCUT2D eigenvalue weighted by Gasteiger charge is 2.18. The van der Waals surface area contributed by atoms with E-state index in [-0.39, 0.29) is 31.3 Å². The molecule has 4 aromatic rings. The van der Waals surface area contributed by atoms with E-state index in [0.717, 1.165) is 33.2 Å². The maximum absolute atomic E-state index is 12.2. The number of amides is 1. The van der Waals surface area contributed by atoms with Crippen LogP contribution in [0.2, 0.25) is 0 Å². The summed E-state index contributed by atoms with van der Waals surface area (Å²) < 4.78 is 22.5. The summed E-state index contributed by atoms with van der Waals surface area (Å²) in [4.78, 5) is 36.2. The largest absolute Gasteiger partial charge is 0.489 e. The molecule has 0 bridgehead atoms. The molecule has 0 saturated carbocycles. The second-order valence-corrected chi connectivity index (χ2v) is 10.8. The Kier molecular flexibility index (Phi) is 9.39. The number of esters is 1. The molecular formula is C32H33NO7S. The molecule has 0 atom stereocenters. The lowest BCUT2D eigenvalue weighted by Crippen LogP contribution is -2.32. The molecule has 1 heterocycles. The van der Waals surface area contributed by atoms with Crippen molar-refractivity contribution < 1.29 is 33.0 Å². The van der Waals surface area contributed by atoms with Crippen LogP contribution in [0.25, 0.3) is 22.1 Å². The van der Waals surface area contributed by atoms with E-state index in [0.29, 0.717) is 17.9 Å². The lowest BCUT2D eigenvalue weighted by atomic mass is 9.99. The summed E-state index contributed by atoms with van der Waals surface area (Å²) in [6, 6.07) is 20.5. The fourth-order valence-corrected chi connectivity index (χ4v) is 4.39. The molecule has 41 heavy (non-hydrogen) atoms. The number of hydrogen-bond acceptors (Lipinski definition) is 7. The first-order valence-electron chi connectivity index (χ1n) is 13.2. The van der Waals surface area contributed by atoms with E-state index in [1.54, 1.807) is 33.8 Å². The Labute approximate surface area is 244 Å². The van der Waals surface area contributed by atoms with Crippen LogP contribution in [0, 0.1) is 0 Å². The second kappa shape index (κ2) is 13.0. The van der Waals surface area contributed by atoms with Gasteiger partial charge in [0, 0.05) is 23.1 Å². The molecule has 1 N–H and O–H groups in total. The normalized spacial score (nSPS) is 11.2. The van der Waals surface area contributed by atoms with Gasteiger partial charge in [-0.3, -0.25) is 9.59 Å². The number of fused-ring (bicyclic) bond motifs is 1. The van der Waals surface area contributed by atoms with Gasteiger partial charge in [-0.1, -0.05) is 49.0 Å². The van der Waals surface area contributed by atoms with Gasteiger partial charge in [0.05, 0.1) is 13.0 Å². The van der Waals surface area contributed by atoms with Crippen molar-refractivity contribution in [2.75, 3.05) is 6.61 Å². The van der Waals surface area contributed by atoms with Crippen LogP contribution in [0.5, 0.6) is 5.75 Å². The number of thiol groups is 1. The van der Waals surface area contributed by atoms with E-state index in [2.05, 4.69) is 17.9 Å². The van der Waals surface area contributed by atoms with Crippen molar-refractivity contribution >= 4 is 40.8 Å². The predicted molar refractivity (Wildman–Crippen MR) is 159 cm³/mol. The number of furan rings is 1. The number of carbonyl (C=O) groups is 3. The average molecular weight is 576 g/mol. The van der Waals surface area contributed by atoms with Crippen LogP contribution in [0.3, 0.4) is 0 Å². The Morgan fingerprint density at radius 1 is 0.951 bits per heavy atom. The van der Waals surface area contributed by atoms with Crippen LogP contribution in [-0.2, 0) is 33.8 Å². The number of benzene rings is 3. The van der Waals surface area contributed by atoms with Gasteiger partial charge in [-0.2, -0.15) is 0 Å². The molecule has 1 amide bonds. The highest BCUT2D eigenvalue weighted by Crippen LogP contribution is 2.34. The van der Waals surface area contributed by atoms with Gasteiger partial charge < -0.3 is 23.9 Å². The van der Waals surface area contributed by atoms with Gasteiger partial charge in [0.15, 0.2) is 5.76 Å². The predicted octanol–water partition coefficient (Wildman–Crippen LogP) is 6.88. The molecule has 0 saturated heterocycles. The number of carbonyl (C=O) groups excluding carboxylic acids is 3. The average Bonchev–Trinajstić information content (AvgIpc) is 3.35. The van der Waals surface area contributed by atoms with Crippen molar-refractivity contribution in [1.82, 2.24) is 5.32 Å². The van der Waals surface area contributed by atoms with Gasteiger partial charge in [0.1, 0.15) is 23.5 Å². The molecule has 9 heteroatoms. The Hall–Kier alpha value is -4.24. The summed E-state index contributed by atoms with van der Waals surface area (Å²) in [5, 5.41) is 3.01. The van der Waals surface area contributed by atoms with Gasteiger partial charge in [-0.25, -0.2) is 4.79 Å². The number of alkyl carbamates (subject to hydrolysis) is 1. The standard InChI is InChI=1S/C32H33NO7S/c1-5-37-28(34)17-23-10-6-7-12-26(23)38-19-21-14-24-16-27(30(35)41)39-29(24)25(15-21)22-11-8-9-20(13-22)18-33-31(36)40-32(2,3)4/h6-16H,5,17-19H2,1-4H3,(H,33,36)(H,35,41). The summed E-state index contributed by atoms with van der Waals surface area (Å²) in [6.45, 7) is 7.97. The van der Waals surface area contributed by atoms with Gasteiger partial charge in [-0.05, 0) is 74.7 Å². The molecule has 1 aromatic heterocycles. The molecule has 0 aliphatic carbocycles. The molecule has 8 nitrogen and oxygen atoms in total. The Morgan fingerprint density at radius 3 is 2.46 bits per heavy atom. The van der Waals surface area contributed by atoms with Crippen LogP contribution >= 0.6 is 12.6 Å². The Morgan fingerprint density at radius 2 is 1.73 bits per heavy atom. The maximum atomic E-state index is 12.2. The zero-order chi connectivity index (χ0) is 29.6. The zero-order valence-corrected chi connectivity index (χ0v) is 24.4. The number of hydrogen-bond donors (Lipinski definition) is 2. The first-order valence-corrected chi connectivity index (χ1v) is 13.7. The van der Waals surface area contributed by atoms with Gasteiger partial charge in [0.2, 0.25) is 0 Å². The van der Waals surface area contributed by atoms with E-state index < -0.39 is 16.8 Å². The van der Waals surface area contributed by atoms with Gasteiger partial charge in [-0.15, -0.1) is 0 Å². The fourth-order valence-electron chi connectivity index (χ4n) is 4.27. The molecule has 0 radical (unpaired) electrons.